The molecule has 6 aromatic rings. The van der Waals surface area contributed by atoms with Crippen molar-refractivity contribution in [3.8, 4) is 34.3 Å². The highest BCUT2D eigenvalue weighted by molar-refractivity contribution is 5.64. The normalized spacial score (nSPS) is 20.9. The number of nitrogens with one attached hydrogen (secondary N) is 4. The van der Waals surface area contributed by atoms with Gasteiger partial charge in [-0.2, -0.15) is 10.2 Å². The molecule has 3 atom stereocenters. The van der Waals surface area contributed by atoms with Crippen molar-refractivity contribution in [1.29, 1.82) is 0 Å². The van der Waals surface area contributed by atoms with Gasteiger partial charge in [0.1, 0.15) is 40.4 Å². The van der Waals surface area contributed by atoms with E-state index in [4.69, 9.17) is 19.7 Å². The Morgan fingerprint density at radius 1 is 0.702 bits per heavy atom. The first-order valence-corrected chi connectivity index (χ1v) is 19.6. The van der Waals surface area contributed by atoms with Gasteiger partial charge >= 0.3 is 0 Å². The van der Waals surface area contributed by atoms with Crippen LogP contribution in [0.15, 0.2) is 48.8 Å². The topological polar surface area (TPSA) is 153 Å². The van der Waals surface area contributed by atoms with E-state index >= 15 is 0 Å². The third-order valence-corrected chi connectivity index (χ3v) is 10.9. The van der Waals surface area contributed by atoms with Gasteiger partial charge in [0, 0.05) is 48.8 Å². The number of hydrogen-bond donors (Lipinski definition) is 4. The second kappa shape index (κ2) is 15.8. The molecule has 57 heavy (non-hydrogen) atoms. The number of ether oxygens (including phenoxy) is 2. The van der Waals surface area contributed by atoms with Gasteiger partial charge in [-0.25, -0.2) is 42.1 Å². The Morgan fingerprint density at radius 3 is 1.74 bits per heavy atom. The molecule has 0 unspecified atom stereocenters. The summed E-state index contributed by atoms with van der Waals surface area (Å²) in [5, 5.41) is 22.1. The van der Waals surface area contributed by atoms with Crippen LogP contribution in [0.1, 0.15) is 73.9 Å². The summed E-state index contributed by atoms with van der Waals surface area (Å²) in [6, 6.07) is 9.45. The molecule has 0 bridgehead atoms. The molecule has 14 nitrogen and oxygen atoms in total. The molecule has 6 aromatic heterocycles. The zero-order valence-electron chi connectivity index (χ0n) is 31.8. The first kappa shape index (κ1) is 37.1. The van der Waals surface area contributed by atoms with Crippen molar-refractivity contribution in [2.45, 2.75) is 75.0 Å². The molecular weight excluding hydrogens is 738 g/mol. The van der Waals surface area contributed by atoms with Crippen molar-refractivity contribution in [3.63, 3.8) is 0 Å². The summed E-state index contributed by atoms with van der Waals surface area (Å²) in [6.07, 6.45) is 9.21. The summed E-state index contributed by atoms with van der Waals surface area (Å²) in [7, 11) is 3.28. The van der Waals surface area contributed by atoms with Crippen LogP contribution in [0.4, 0.5) is 24.8 Å². The average Bonchev–Trinajstić information content (AvgIpc) is 4.18. The second-order valence-electron chi connectivity index (χ2n) is 15.1. The lowest BCUT2D eigenvalue weighted by molar-refractivity contribution is 0.240. The van der Waals surface area contributed by atoms with Crippen molar-refractivity contribution in [3.05, 3.63) is 71.8 Å². The number of aromatic nitrogens is 8. The van der Waals surface area contributed by atoms with Crippen LogP contribution in [0.3, 0.4) is 0 Å². The molecule has 2 saturated heterocycles. The number of hydrogen-bond acceptors (Lipinski definition) is 12. The van der Waals surface area contributed by atoms with Crippen LogP contribution >= 0.6 is 0 Å². The molecule has 4 N–H and O–H groups in total. The van der Waals surface area contributed by atoms with Crippen LogP contribution in [-0.2, 0) is 0 Å². The number of imidazole rings is 2. The number of anilines is 2. The van der Waals surface area contributed by atoms with Crippen molar-refractivity contribution < 1.29 is 28.4 Å². The highest BCUT2D eigenvalue weighted by Gasteiger charge is 2.31. The van der Waals surface area contributed by atoms with E-state index < -0.39 is 18.0 Å². The Labute approximate surface area is 333 Å². The average molecular weight is 791 g/mol. The fourth-order valence-electron chi connectivity index (χ4n) is 7.46. The lowest BCUT2D eigenvalue weighted by Gasteiger charge is -2.28. The van der Waals surface area contributed by atoms with Gasteiger partial charge in [0.15, 0.2) is 34.6 Å². The van der Waals surface area contributed by atoms with Crippen LogP contribution in [0.5, 0.6) is 11.5 Å². The van der Waals surface area contributed by atoms with Crippen molar-refractivity contribution in [2.24, 2.45) is 0 Å². The monoisotopic (exact) mass is 790 g/mol. The number of nitrogens with zero attached hydrogens (tertiary/aromatic N) is 8. The lowest BCUT2D eigenvalue weighted by Crippen LogP contribution is -2.46. The molecule has 2 saturated carbocycles. The fraction of sp³-hybridized carbons (Fsp3) is 0.450. The molecule has 2 aliphatic carbocycles. The number of pyridine rings is 2. The van der Waals surface area contributed by atoms with E-state index in [9.17, 15) is 13.2 Å². The zero-order valence-corrected chi connectivity index (χ0v) is 31.8. The molecular formula is C40H53F3N12O2. The smallest absolute Gasteiger partial charge is 0.165 e. The molecule has 0 aromatic carbocycles. The van der Waals surface area contributed by atoms with Gasteiger partial charge in [-0.15, -0.1) is 0 Å². The molecule has 306 valence electrons. The Kier molecular flexibility index (Phi) is 10.3. The van der Waals surface area contributed by atoms with E-state index in [1.54, 1.807) is 47.8 Å². The molecule has 0 spiro atoms. The van der Waals surface area contributed by atoms with E-state index in [0.717, 1.165) is 80.2 Å². The summed E-state index contributed by atoms with van der Waals surface area (Å²) in [6.45, 7) is 2.87. The minimum atomic E-state index is -1.05. The number of fused-ring (bicyclic) bond motifs is 2. The molecule has 4 aliphatic rings. The van der Waals surface area contributed by atoms with E-state index in [1.165, 1.54) is 12.1 Å². The number of methoxy groups -OCH3 is 2. The maximum Gasteiger partial charge on any atom is 0.165 e. The molecule has 0 radical (unpaired) electrons. The number of halogens is 3. The van der Waals surface area contributed by atoms with Crippen LogP contribution in [0.2, 0.25) is 0 Å². The molecule has 4 fully saturated rings. The van der Waals surface area contributed by atoms with Gasteiger partial charge in [-0.05, 0) is 82.3 Å². The Bertz CT molecular complexity index is 2410. The summed E-state index contributed by atoms with van der Waals surface area (Å²) < 4.78 is 57.3. The van der Waals surface area contributed by atoms with E-state index in [-0.39, 0.29) is 29.2 Å². The maximum atomic E-state index is 14.4. The number of piperidine rings is 2. The number of rotatable bonds is 10. The van der Waals surface area contributed by atoms with E-state index in [0.29, 0.717) is 59.7 Å². The summed E-state index contributed by atoms with van der Waals surface area (Å²) in [5.74, 6) is 1.76. The largest absolute Gasteiger partial charge is 0.495 e. The van der Waals surface area contributed by atoms with Crippen molar-refractivity contribution in [1.82, 2.24) is 49.8 Å². The van der Waals surface area contributed by atoms with Crippen molar-refractivity contribution in [2.75, 3.05) is 51.0 Å². The van der Waals surface area contributed by atoms with Crippen LogP contribution in [0, 0.1) is 11.6 Å². The van der Waals surface area contributed by atoms with Gasteiger partial charge in [0.25, 0.3) is 0 Å². The van der Waals surface area contributed by atoms with E-state index in [2.05, 4.69) is 41.2 Å². The minimum absolute atomic E-state index is 0. The summed E-state index contributed by atoms with van der Waals surface area (Å²) >= 11 is 0. The SMILES string of the molecule is COc1cc2ncc(-c3ccc(F)c(N[C@@H]4CNCC[C@H]4F)n3)n2nc1C1CC1.COc1cc2ncc(-c3ccc(F)c(N[C@H]4CCCNC4)n3)n2nc1C1CC1.[HH].[HH].[HH].[HH]. The summed E-state index contributed by atoms with van der Waals surface area (Å²) in [4.78, 5) is 17.8. The van der Waals surface area contributed by atoms with Crippen LogP contribution in [0.25, 0.3) is 34.1 Å². The van der Waals surface area contributed by atoms with Gasteiger partial charge in [0.2, 0.25) is 0 Å². The van der Waals surface area contributed by atoms with E-state index in [1.807, 2.05) is 12.1 Å². The molecule has 0 amide bonds. The highest BCUT2D eigenvalue weighted by atomic mass is 19.1. The first-order valence-electron chi connectivity index (χ1n) is 19.6. The Hall–Kier alpha value is -5.55. The van der Waals surface area contributed by atoms with Gasteiger partial charge in [-0.1, -0.05) is 0 Å². The minimum Gasteiger partial charge on any atom is -0.495 e. The molecule has 8 heterocycles. The molecule has 2 aliphatic heterocycles. The van der Waals surface area contributed by atoms with Crippen LogP contribution < -0.4 is 30.7 Å². The number of alkyl halides is 1. The molecule has 10 rings (SSSR count). The van der Waals surface area contributed by atoms with Gasteiger partial charge < -0.3 is 30.7 Å². The zero-order chi connectivity index (χ0) is 39.0. The predicted molar refractivity (Wildman–Crippen MR) is 217 cm³/mol. The third-order valence-electron chi connectivity index (χ3n) is 10.9. The Balaban J connectivity index is 0.000000217. The quantitative estimate of drug-likeness (QED) is 0.114. The molecule has 17 heteroatoms. The summed E-state index contributed by atoms with van der Waals surface area (Å²) in [5.41, 5.74) is 5.70. The first-order chi connectivity index (χ1) is 27.9. The van der Waals surface area contributed by atoms with Gasteiger partial charge in [0.05, 0.1) is 44.0 Å². The maximum absolute atomic E-state index is 14.4. The Morgan fingerprint density at radius 2 is 1.25 bits per heavy atom. The van der Waals surface area contributed by atoms with Gasteiger partial charge in [-0.3, -0.25) is 0 Å². The lowest BCUT2D eigenvalue weighted by atomic mass is 10.1. The van der Waals surface area contributed by atoms with Crippen molar-refractivity contribution >= 4 is 22.9 Å². The second-order valence-corrected chi connectivity index (χ2v) is 15.1. The predicted octanol–water partition coefficient (Wildman–Crippen LogP) is 6.89. The standard InChI is InChI=1S/C20H22F2N6O.C20H23FN6O.4H2/c1-29-17-8-18-24-10-16(28(18)27-19(17)11-2-3-11)14-5-4-13(22)20(25-14)26-15-9-23-7-6-12(15)21;1-28-17-9-18-23-11-16(27(18)26-19(17)12-4-5-12)15-7-6-14(21)20(25-15)24-13-3-2-8-22-10-13;;;;/h4-5,8,10-12,15,23H,2-3,6-7,9H2,1H3,(H,25,26);6-7,9,11-13,22H,2-5,8,10H2,1H3,(H,24,25);4*1H/t12-,15-;13-;;;;/m10..../s1. The van der Waals surface area contributed by atoms with Crippen LogP contribution in [-0.4, -0.2) is 97.8 Å². The third kappa shape index (κ3) is 7.77. The fourth-order valence-corrected chi connectivity index (χ4v) is 7.46. The highest BCUT2D eigenvalue weighted by Crippen LogP contribution is 2.44.